The van der Waals surface area contributed by atoms with Crippen LogP contribution in [0.1, 0.15) is 23.0 Å². The highest BCUT2D eigenvalue weighted by atomic mass is 79.9. The Kier molecular flexibility index (Phi) is 3.94. The molecule has 0 aliphatic rings. The second-order valence-corrected chi connectivity index (χ2v) is 4.64. The van der Waals surface area contributed by atoms with E-state index in [9.17, 15) is 4.79 Å². The van der Waals surface area contributed by atoms with Gasteiger partial charge in [-0.25, -0.2) is 5.43 Å². The maximum atomic E-state index is 11.8. The van der Waals surface area contributed by atoms with Gasteiger partial charge in [-0.3, -0.25) is 4.79 Å². The zero-order valence-electron chi connectivity index (χ0n) is 9.77. The van der Waals surface area contributed by atoms with Crippen LogP contribution in [0, 0.1) is 0 Å². The monoisotopic (exact) mass is 305 g/mol. The molecule has 0 aliphatic carbocycles. The van der Waals surface area contributed by atoms with E-state index in [1.807, 2.05) is 37.4 Å². The second kappa shape index (κ2) is 5.64. The van der Waals surface area contributed by atoms with E-state index < -0.39 is 0 Å². The summed E-state index contributed by atoms with van der Waals surface area (Å²) < 4.78 is 0.935. The van der Waals surface area contributed by atoms with Crippen molar-refractivity contribution in [2.45, 2.75) is 6.92 Å². The van der Waals surface area contributed by atoms with E-state index in [1.165, 1.54) is 0 Å². The molecule has 4 nitrogen and oxygen atoms in total. The van der Waals surface area contributed by atoms with Crippen LogP contribution in [0.25, 0.3) is 0 Å². The summed E-state index contributed by atoms with van der Waals surface area (Å²) in [5, 5.41) is 4.04. The van der Waals surface area contributed by atoms with Crippen LogP contribution >= 0.6 is 15.9 Å². The molecule has 1 aromatic heterocycles. The topological polar surface area (TPSA) is 57.2 Å². The average Bonchev–Trinajstić information content (AvgIpc) is 2.90. The molecule has 2 N–H and O–H groups in total. The van der Waals surface area contributed by atoms with Crippen LogP contribution in [0.5, 0.6) is 0 Å². The van der Waals surface area contributed by atoms with Gasteiger partial charge in [-0.1, -0.05) is 15.9 Å². The molecule has 0 aliphatic heterocycles. The fraction of sp³-hybridized carbons (Fsp3) is 0.0769. The number of nitrogens with one attached hydrogen (secondary N) is 2. The Morgan fingerprint density at radius 3 is 2.61 bits per heavy atom. The highest BCUT2D eigenvalue weighted by Gasteiger charge is 2.04. The molecule has 92 valence electrons. The van der Waals surface area contributed by atoms with Crippen molar-refractivity contribution in [3.63, 3.8) is 0 Å². The third-order valence-corrected chi connectivity index (χ3v) is 2.95. The Morgan fingerprint density at radius 2 is 2.00 bits per heavy atom. The van der Waals surface area contributed by atoms with Crippen molar-refractivity contribution in [2.24, 2.45) is 5.10 Å². The molecule has 0 saturated heterocycles. The summed E-state index contributed by atoms with van der Waals surface area (Å²) in [5.74, 6) is -0.228. The molecule has 18 heavy (non-hydrogen) atoms. The Balaban J connectivity index is 2.04. The minimum Gasteiger partial charge on any atom is -0.360 e. The molecule has 0 radical (unpaired) electrons. The van der Waals surface area contributed by atoms with Crippen molar-refractivity contribution >= 4 is 27.5 Å². The molecule has 2 rings (SSSR count). The quantitative estimate of drug-likeness (QED) is 0.665. The largest absolute Gasteiger partial charge is 0.360 e. The molecule has 0 atom stereocenters. The number of benzene rings is 1. The van der Waals surface area contributed by atoms with Crippen LogP contribution in [0.2, 0.25) is 0 Å². The Bertz CT molecular complexity index is 558. The number of rotatable bonds is 3. The van der Waals surface area contributed by atoms with Gasteiger partial charge in [0.2, 0.25) is 0 Å². The first-order valence-corrected chi connectivity index (χ1v) is 6.20. The molecule has 1 heterocycles. The Hall–Kier alpha value is -1.88. The standard InChI is InChI=1S/C13H12BrN3O/c1-9(12-3-2-8-15-12)16-17-13(18)10-4-6-11(14)7-5-10/h2-8,15H,1H3,(H,17,18)/b16-9+. The minimum atomic E-state index is -0.228. The van der Waals surface area contributed by atoms with Crippen molar-refractivity contribution in [3.8, 4) is 0 Å². The first-order chi connectivity index (χ1) is 8.66. The number of hydrazone groups is 1. The van der Waals surface area contributed by atoms with Crippen LogP contribution in [0.4, 0.5) is 0 Å². The fourth-order valence-electron chi connectivity index (χ4n) is 1.42. The lowest BCUT2D eigenvalue weighted by Crippen LogP contribution is -2.19. The Morgan fingerprint density at radius 1 is 1.28 bits per heavy atom. The van der Waals surface area contributed by atoms with Gasteiger partial charge >= 0.3 is 0 Å². The van der Waals surface area contributed by atoms with Gasteiger partial charge in [-0.05, 0) is 43.3 Å². The fourth-order valence-corrected chi connectivity index (χ4v) is 1.68. The summed E-state index contributed by atoms with van der Waals surface area (Å²) >= 11 is 3.32. The number of halogens is 1. The van der Waals surface area contributed by atoms with Crippen LogP contribution < -0.4 is 5.43 Å². The highest BCUT2D eigenvalue weighted by Crippen LogP contribution is 2.10. The normalized spacial score (nSPS) is 11.3. The lowest BCUT2D eigenvalue weighted by molar-refractivity contribution is 0.0955. The molecule has 2 aromatic rings. The van der Waals surface area contributed by atoms with E-state index in [0.717, 1.165) is 15.9 Å². The Labute approximate surface area is 113 Å². The van der Waals surface area contributed by atoms with Gasteiger partial charge in [0.25, 0.3) is 5.91 Å². The summed E-state index contributed by atoms with van der Waals surface area (Å²) in [6.45, 7) is 1.83. The van der Waals surface area contributed by atoms with Crippen LogP contribution in [-0.4, -0.2) is 16.6 Å². The van der Waals surface area contributed by atoms with Crippen molar-refractivity contribution in [1.82, 2.24) is 10.4 Å². The first-order valence-electron chi connectivity index (χ1n) is 5.41. The van der Waals surface area contributed by atoms with Crippen molar-refractivity contribution in [3.05, 3.63) is 58.3 Å². The van der Waals surface area contributed by atoms with Gasteiger partial charge in [-0.2, -0.15) is 5.10 Å². The summed E-state index contributed by atoms with van der Waals surface area (Å²) in [6, 6.07) is 10.9. The summed E-state index contributed by atoms with van der Waals surface area (Å²) in [5.41, 5.74) is 4.70. The van der Waals surface area contributed by atoms with E-state index in [-0.39, 0.29) is 5.91 Å². The van der Waals surface area contributed by atoms with Crippen molar-refractivity contribution in [1.29, 1.82) is 0 Å². The van der Waals surface area contributed by atoms with Crippen LogP contribution in [0.3, 0.4) is 0 Å². The third-order valence-electron chi connectivity index (χ3n) is 2.42. The zero-order chi connectivity index (χ0) is 13.0. The van der Waals surface area contributed by atoms with E-state index >= 15 is 0 Å². The number of aromatic nitrogens is 1. The molecule has 0 unspecified atom stereocenters. The van der Waals surface area contributed by atoms with Gasteiger partial charge in [0.05, 0.1) is 11.4 Å². The number of nitrogens with zero attached hydrogens (tertiary/aromatic N) is 1. The van der Waals surface area contributed by atoms with Crippen molar-refractivity contribution < 1.29 is 4.79 Å². The molecule has 0 fully saturated rings. The van der Waals surface area contributed by atoms with Gasteiger partial charge in [-0.15, -0.1) is 0 Å². The number of carbonyl (C=O) groups excluding carboxylic acids is 1. The molecule has 1 amide bonds. The molecule has 0 bridgehead atoms. The molecular weight excluding hydrogens is 294 g/mol. The van der Waals surface area contributed by atoms with Gasteiger partial charge in [0.15, 0.2) is 0 Å². The number of H-pyrrole nitrogens is 1. The predicted octanol–water partition coefficient (Wildman–Crippen LogP) is 2.93. The molecule has 0 spiro atoms. The average molecular weight is 306 g/mol. The van der Waals surface area contributed by atoms with Gasteiger partial charge in [0, 0.05) is 16.2 Å². The molecular formula is C13H12BrN3O. The minimum absolute atomic E-state index is 0.228. The number of hydrogen-bond donors (Lipinski definition) is 2. The summed E-state index contributed by atoms with van der Waals surface area (Å²) in [4.78, 5) is 14.8. The maximum Gasteiger partial charge on any atom is 0.271 e. The van der Waals surface area contributed by atoms with Crippen LogP contribution in [-0.2, 0) is 0 Å². The zero-order valence-corrected chi connectivity index (χ0v) is 11.4. The number of hydrogen-bond acceptors (Lipinski definition) is 2. The number of amides is 1. The van der Waals surface area contributed by atoms with Crippen molar-refractivity contribution in [2.75, 3.05) is 0 Å². The smallest absolute Gasteiger partial charge is 0.271 e. The lowest BCUT2D eigenvalue weighted by Gasteiger charge is -2.01. The number of carbonyl (C=O) groups is 1. The third kappa shape index (κ3) is 3.07. The maximum absolute atomic E-state index is 11.8. The molecule has 0 saturated carbocycles. The van der Waals surface area contributed by atoms with E-state index in [1.54, 1.807) is 12.1 Å². The van der Waals surface area contributed by atoms with Crippen LogP contribution in [0.15, 0.2) is 52.2 Å². The predicted molar refractivity (Wildman–Crippen MR) is 74.6 cm³/mol. The number of aromatic amines is 1. The second-order valence-electron chi connectivity index (χ2n) is 3.73. The van der Waals surface area contributed by atoms with E-state index in [2.05, 4.69) is 31.4 Å². The van der Waals surface area contributed by atoms with E-state index in [4.69, 9.17) is 0 Å². The SMILES string of the molecule is C/C(=N\NC(=O)c1ccc(Br)cc1)c1ccc[nH]1. The summed E-state index contributed by atoms with van der Waals surface area (Å²) in [7, 11) is 0. The van der Waals surface area contributed by atoms with Gasteiger partial charge in [0.1, 0.15) is 0 Å². The van der Waals surface area contributed by atoms with E-state index in [0.29, 0.717) is 5.56 Å². The molecule has 5 heteroatoms. The first kappa shape index (κ1) is 12.6. The highest BCUT2D eigenvalue weighted by molar-refractivity contribution is 9.10. The molecule has 1 aromatic carbocycles. The summed E-state index contributed by atoms with van der Waals surface area (Å²) in [6.07, 6.45) is 1.81. The lowest BCUT2D eigenvalue weighted by atomic mass is 10.2. The van der Waals surface area contributed by atoms with Gasteiger partial charge < -0.3 is 4.98 Å².